The van der Waals surface area contributed by atoms with Crippen molar-refractivity contribution in [1.29, 1.82) is 0 Å². The molecule has 1 fully saturated rings. The number of carboxylic acid groups (broad SMARTS) is 1. The average molecular weight is 540 g/mol. The van der Waals surface area contributed by atoms with E-state index in [-0.39, 0.29) is 43.9 Å². The van der Waals surface area contributed by atoms with Crippen LogP contribution in [-0.2, 0) is 11.2 Å². The van der Waals surface area contributed by atoms with Crippen LogP contribution < -0.4 is 9.64 Å². The van der Waals surface area contributed by atoms with Gasteiger partial charge in [0.15, 0.2) is 23.2 Å². The highest BCUT2D eigenvalue weighted by Gasteiger charge is 2.29. The van der Waals surface area contributed by atoms with Crippen LogP contribution in [0, 0.1) is 11.6 Å². The van der Waals surface area contributed by atoms with Crippen molar-refractivity contribution >= 4 is 17.7 Å². The van der Waals surface area contributed by atoms with Crippen molar-refractivity contribution < 1.29 is 28.2 Å². The van der Waals surface area contributed by atoms with Gasteiger partial charge < -0.3 is 19.6 Å². The third-order valence-corrected chi connectivity index (χ3v) is 6.90. The predicted molar refractivity (Wildman–Crippen MR) is 135 cm³/mol. The Hall–Kier alpha value is -4.42. The Balaban J connectivity index is 1.23. The van der Waals surface area contributed by atoms with Crippen molar-refractivity contribution in [2.45, 2.75) is 25.8 Å². The zero-order chi connectivity index (χ0) is 27.5. The molecule has 2 aromatic heterocycles. The molecule has 2 amide bonds. The molecule has 0 radical (unpaired) electrons. The van der Waals surface area contributed by atoms with Gasteiger partial charge >= 0.3 is 6.09 Å². The maximum Gasteiger partial charge on any atom is 0.407 e. The fourth-order valence-corrected chi connectivity index (χ4v) is 4.81. The van der Waals surface area contributed by atoms with Gasteiger partial charge in [0.2, 0.25) is 11.7 Å². The Morgan fingerprint density at radius 1 is 1.13 bits per heavy atom. The van der Waals surface area contributed by atoms with Crippen LogP contribution in [0.4, 0.5) is 19.3 Å². The summed E-state index contributed by atoms with van der Waals surface area (Å²) >= 11 is 0. The maximum atomic E-state index is 14.6. The smallest absolute Gasteiger partial charge is 0.407 e. The van der Waals surface area contributed by atoms with E-state index >= 15 is 0 Å². The van der Waals surface area contributed by atoms with Crippen LogP contribution in [-0.4, -0.2) is 86.2 Å². The highest BCUT2D eigenvalue weighted by molar-refractivity contribution is 5.83. The molecule has 5 rings (SSSR count). The van der Waals surface area contributed by atoms with Gasteiger partial charge in [0.1, 0.15) is 6.54 Å². The van der Waals surface area contributed by atoms with Gasteiger partial charge in [0.05, 0.1) is 18.3 Å². The first-order valence-corrected chi connectivity index (χ1v) is 12.6. The molecule has 1 atom stereocenters. The number of anilines is 1. The van der Waals surface area contributed by atoms with E-state index in [0.717, 1.165) is 22.2 Å². The molecule has 1 aromatic carbocycles. The summed E-state index contributed by atoms with van der Waals surface area (Å²) in [6, 6.07) is 4.14. The highest BCUT2D eigenvalue weighted by Crippen LogP contribution is 2.36. The number of benzene rings is 1. The molecule has 4 heterocycles. The van der Waals surface area contributed by atoms with E-state index in [0.29, 0.717) is 43.3 Å². The summed E-state index contributed by atoms with van der Waals surface area (Å²) in [6.45, 7) is 3.17. The number of carbonyl (C=O) groups is 2. The van der Waals surface area contributed by atoms with Crippen LogP contribution in [0.1, 0.15) is 30.6 Å². The molecule has 1 saturated heterocycles. The van der Waals surface area contributed by atoms with Crippen LogP contribution in [0.15, 0.2) is 36.8 Å². The molecular formula is C26H27F2N7O4. The van der Waals surface area contributed by atoms with Crippen LogP contribution in [0.5, 0.6) is 5.75 Å². The van der Waals surface area contributed by atoms with Crippen LogP contribution in [0.2, 0.25) is 0 Å². The second-order valence-corrected chi connectivity index (χ2v) is 9.31. The number of fused-ring (bicyclic) bond motifs is 1. The lowest BCUT2D eigenvalue weighted by molar-refractivity contribution is -0.135. The fraction of sp³-hybridized carbons (Fsp3) is 0.385. The molecule has 1 N–H and O–H groups in total. The minimum absolute atomic E-state index is 0.0583. The normalized spacial score (nSPS) is 17.3. The number of aromatic nitrogens is 4. The topological polar surface area (TPSA) is 125 Å². The molecule has 13 heteroatoms. The van der Waals surface area contributed by atoms with Gasteiger partial charge in [-0.15, -0.1) is 0 Å². The molecule has 0 saturated carbocycles. The second-order valence-electron chi connectivity index (χ2n) is 9.31. The largest absolute Gasteiger partial charge is 0.490 e. The molecule has 0 bridgehead atoms. The standard InChI is InChI=1S/C26H27F2N7O4/c1-16-18-14-31-25(24-29-5-2-6-30-24)32-20(18)4-8-35(16)17-12-19(27)23(28)21(13-17)39-11-3-7-33-9-10-34(26(37)38)15-22(33)36/h2,5-6,12-14,16H,3-4,7-11,15H2,1H3,(H,37,38). The van der Waals surface area contributed by atoms with Gasteiger partial charge in [-0.3, -0.25) is 9.69 Å². The number of rotatable bonds is 7. The summed E-state index contributed by atoms with van der Waals surface area (Å²) in [5.74, 6) is -1.74. The zero-order valence-electron chi connectivity index (χ0n) is 21.3. The maximum absolute atomic E-state index is 14.6. The number of hydrogen-bond donors (Lipinski definition) is 1. The SMILES string of the molecule is CC1c2cnc(-c3ncccn3)nc2CCN1c1cc(F)c(F)c(OCCCN2CCN(C(=O)O)CC2=O)c1. The fourth-order valence-electron chi connectivity index (χ4n) is 4.81. The molecular weight excluding hydrogens is 512 g/mol. The molecule has 204 valence electrons. The Morgan fingerprint density at radius 3 is 2.67 bits per heavy atom. The van der Waals surface area contributed by atoms with E-state index < -0.39 is 17.7 Å². The Morgan fingerprint density at radius 2 is 1.92 bits per heavy atom. The summed E-state index contributed by atoms with van der Waals surface area (Å²) < 4.78 is 34.7. The van der Waals surface area contributed by atoms with E-state index in [9.17, 15) is 18.4 Å². The summed E-state index contributed by atoms with van der Waals surface area (Å²) in [7, 11) is 0. The van der Waals surface area contributed by atoms with Crippen molar-refractivity contribution in [3.05, 3.63) is 59.7 Å². The molecule has 3 aromatic rings. The summed E-state index contributed by atoms with van der Waals surface area (Å²) in [5, 5.41) is 9.02. The third kappa shape index (κ3) is 5.56. The number of ether oxygens (including phenoxy) is 1. The van der Waals surface area contributed by atoms with Gasteiger partial charge in [-0.05, 0) is 19.4 Å². The number of amides is 2. The van der Waals surface area contributed by atoms with Gasteiger partial charge in [-0.2, -0.15) is 4.39 Å². The predicted octanol–water partition coefficient (Wildman–Crippen LogP) is 2.93. The summed E-state index contributed by atoms with van der Waals surface area (Å²) in [5.41, 5.74) is 2.20. The molecule has 0 aliphatic carbocycles. The van der Waals surface area contributed by atoms with Crippen molar-refractivity contribution in [3.8, 4) is 17.4 Å². The van der Waals surface area contributed by atoms with E-state index in [1.165, 1.54) is 6.07 Å². The van der Waals surface area contributed by atoms with Crippen molar-refractivity contribution in [3.63, 3.8) is 0 Å². The number of piperazine rings is 1. The Kier molecular flexibility index (Phi) is 7.48. The lowest BCUT2D eigenvalue weighted by Crippen LogP contribution is -2.52. The lowest BCUT2D eigenvalue weighted by Gasteiger charge is -2.36. The van der Waals surface area contributed by atoms with Crippen molar-refractivity contribution in [2.75, 3.05) is 44.2 Å². The monoisotopic (exact) mass is 539 g/mol. The number of carbonyl (C=O) groups excluding carboxylic acids is 1. The third-order valence-electron chi connectivity index (χ3n) is 6.90. The lowest BCUT2D eigenvalue weighted by atomic mass is 9.98. The molecule has 0 spiro atoms. The number of nitrogens with zero attached hydrogens (tertiary/aromatic N) is 7. The molecule has 1 unspecified atom stereocenters. The molecule has 2 aliphatic heterocycles. The Bertz CT molecular complexity index is 1380. The zero-order valence-corrected chi connectivity index (χ0v) is 21.3. The number of hydrogen-bond acceptors (Lipinski definition) is 8. The quantitative estimate of drug-likeness (QED) is 0.451. The van der Waals surface area contributed by atoms with E-state index in [1.807, 2.05) is 11.8 Å². The first-order chi connectivity index (χ1) is 18.8. The van der Waals surface area contributed by atoms with Crippen LogP contribution >= 0.6 is 0 Å². The average Bonchev–Trinajstić information content (AvgIpc) is 2.94. The summed E-state index contributed by atoms with van der Waals surface area (Å²) in [6.07, 6.45) is 4.79. The minimum atomic E-state index is -1.13. The molecule has 39 heavy (non-hydrogen) atoms. The van der Waals surface area contributed by atoms with E-state index in [2.05, 4.69) is 19.9 Å². The van der Waals surface area contributed by atoms with Crippen LogP contribution in [0.3, 0.4) is 0 Å². The van der Waals surface area contributed by atoms with Crippen molar-refractivity contribution in [1.82, 2.24) is 29.7 Å². The Labute approximate surface area is 223 Å². The van der Waals surface area contributed by atoms with Crippen LogP contribution in [0.25, 0.3) is 11.6 Å². The van der Waals surface area contributed by atoms with Crippen molar-refractivity contribution in [2.24, 2.45) is 0 Å². The first-order valence-electron chi connectivity index (χ1n) is 12.6. The van der Waals surface area contributed by atoms with E-state index in [4.69, 9.17) is 9.84 Å². The first kappa shape index (κ1) is 26.2. The van der Waals surface area contributed by atoms with Gasteiger partial charge in [0, 0.05) is 74.6 Å². The van der Waals surface area contributed by atoms with Gasteiger partial charge in [0.25, 0.3) is 0 Å². The van der Waals surface area contributed by atoms with Gasteiger partial charge in [-0.25, -0.2) is 29.1 Å². The van der Waals surface area contributed by atoms with Gasteiger partial charge in [-0.1, -0.05) is 0 Å². The highest BCUT2D eigenvalue weighted by atomic mass is 19.2. The number of halogens is 2. The summed E-state index contributed by atoms with van der Waals surface area (Å²) in [4.78, 5) is 45.2. The minimum Gasteiger partial charge on any atom is -0.490 e. The molecule has 2 aliphatic rings. The second kappa shape index (κ2) is 11.1. The van der Waals surface area contributed by atoms with E-state index in [1.54, 1.807) is 29.6 Å². The molecule has 11 nitrogen and oxygen atoms in total.